The molecule has 0 radical (unpaired) electrons. The first-order valence-corrected chi connectivity index (χ1v) is 9.45. The van der Waals surface area contributed by atoms with Crippen molar-refractivity contribution in [3.05, 3.63) is 82.4 Å². The van der Waals surface area contributed by atoms with Crippen LogP contribution < -0.4 is 5.56 Å². The normalized spacial score (nSPS) is 11.1. The summed E-state index contributed by atoms with van der Waals surface area (Å²) in [5.41, 5.74) is 4.97. The molecular weight excluding hydrogens is 342 g/mol. The summed E-state index contributed by atoms with van der Waals surface area (Å²) in [7, 11) is 0. The van der Waals surface area contributed by atoms with E-state index in [9.17, 15) is 4.79 Å². The highest BCUT2D eigenvalue weighted by Crippen LogP contribution is 2.27. The van der Waals surface area contributed by atoms with Crippen LogP contribution in [0.3, 0.4) is 0 Å². The van der Waals surface area contributed by atoms with Gasteiger partial charge in [-0.05, 0) is 36.9 Å². The Hall–Kier alpha value is -2.79. The van der Waals surface area contributed by atoms with Crippen molar-refractivity contribution in [2.45, 2.75) is 26.3 Å². The number of aromatic nitrogens is 3. The number of aryl methyl sites for hydroxylation is 3. The van der Waals surface area contributed by atoms with E-state index in [1.807, 2.05) is 42.5 Å². The van der Waals surface area contributed by atoms with Crippen LogP contribution in [0.15, 0.2) is 65.7 Å². The molecule has 130 valence electrons. The molecule has 0 amide bonds. The first-order chi connectivity index (χ1) is 12.7. The van der Waals surface area contributed by atoms with E-state index in [0.717, 1.165) is 24.1 Å². The van der Waals surface area contributed by atoms with Crippen molar-refractivity contribution in [3.63, 3.8) is 0 Å². The van der Waals surface area contributed by atoms with Crippen LogP contribution in [0.1, 0.15) is 17.5 Å². The standard InChI is InChI=1S/C21H19N3OS/c1-15-9-11-17(12-10-15)18-19-20(26-23-18)21(25)24(14-22-19)13-5-8-16-6-3-2-4-7-16/h2-4,6-7,9-12,14H,5,8,13H2,1H3. The monoisotopic (exact) mass is 361 g/mol. The Kier molecular flexibility index (Phi) is 4.63. The average Bonchev–Trinajstić information content (AvgIpc) is 3.10. The number of fused-ring (bicyclic) bond motifs is 1. The second-order valence-electron chi connectivity index (χ2n) is 6.41. The third kappa shape index (κ3) is 3.30. The Labute approximate surface area is 155 Å². The molecule has 4 aromatic rings. The zero-order valence-corrected chi connectivity index (χ0v) is 15.4. The largest absolute Gasteiger partial charge is 0.298 e. The molecule has 0 unspecified atom stereocenters. The first kappa shape index (κ1) is 16.7. The molecule has 2 aromatic heterocycles. The molecule has 0 spiro atoms. The lowest BCUT2D eigenvalue weighted by Gasteiger charge is -2.05. The van der Waals surface area contributed by atoms with E-state index in [2.05, 4.69) is 28.4 Å². The van der Waals surface area contributed by atoms with Crippen molar-refractivity contribution in [2.75, 3.05) is 0 Å². The Morgan fingerprint density at radius 3 is 2.58 bits per heavy atom. The maximum absolute atomic E-state index is 12.8. The third-order valence-electron chi connectivity index (χ3n) is 4.48. The molecule has 5 heteroatoms. The summed E-state index contributed by atoms with van der Waals surface area (Å²) in [6.45, 7) is 2.71. The molecule has 26 heavy (non-hydrogen) atoms. The Balaban J connectivity index is 1.58. The van der Waals surface area contributed by atoms with Gasteiger partial charge in [-0.3, -0.25) is 9.36 Å². The molecule has 0 aliphatic rings. The van der Waals surface area contributed by atoms with E-state index < -0.39 is 0 Å². The van der Waals surface area contributed by atoms with Gasteiger partial charge in [0.15, 0.2) is 0 Å². The fourth-order valence-corrected chi connectivity index (χ4v) is 3.82. The van der Waals surface area contributed by atoms with E-state index >= 15 is 0 Å². The van der Waals surface area contributed by atoms with Crippen molar-refractivity contribution in [3.8, 4) is 11.3 Å². The SMILES string of the molecule is Cc1ccc(-c2nsc3c(=O)n(CCCc4ccccc4)cnc23)cc1. The molecule has 0 bridgehead atoms. The van der Waals surface area contributed by atoms with Crippen molar-refractivity contribution in [1.29, 1.82) is 0 Å². The van der Waals surface area contributed by atoms with Gasteiger partial charge in [0.05, 0.1) is 6.33 Å². The van der Waals surface area contributed by atoms with Gasteiger partial charge < -0.3 is 0 Å². The van der Waals surface area contributed by atoms with Gasteiger partial charge in [-0.25, -0.2) is 4.98 Å². The molecular formula is C21H19N3OS. The fraction of sp³-hybridized carbons (Fsp3) is 0.190. The lowest BCUT2D eigenvalue weighted by Crippen LogP contribution is -2.20. The van der Waals surface area contributed by atoms with Crippen LogP contribution in [0.4, 0.5) is 0 Å². The second kappa shape index (κ2) is 7.22. The fourth-order valence-electron chi connectivity index (χ4n) is 3.01. The van der Waals surface area contributed by atoms with Crippen molar-refractivity contribution in [1.82, 2.24) is 13.9 Å². The van der Waals surface area contributed by atoms with Gasteiger partial charge in [-0.15, -0.1) is 0 Å². The van der Waals surface area contributed by atoms with E-state index in [1.54, 1.807) is 10.9 Å². The highest BCUT2D eigenvalue weighted by Gasteiger charge is 2.14. The van der Waals surface area contributed by atoms with Crippen LogP contribution in [0.2, 0.25) is 0 Å². The summed E-state index contributed by atoms with van der Waals surface area (Å²) in [4.78, 5) is 17.3. The van der Waals surface area contributed by atoms with Crippen LogP contribution in [0.25, 0.3) is 21.5 Å². The van der Waals surface area contributed by atoms with Gasteiger partial charge in [0.25, 0.3) is 5.56 Å². The highest BCUT2D eigenvalue weighted by atomic mass is 32.1. The second-order valence-corrected chi connectivity index (χ2v) is 7.18. The predicted octanol–water partition coefficient (Wildman–Crippen LogP) is 4.46. The van der Waals surface area contributed by atoms with E-state index in [1.165, 1.54) is 22.7 Å². The first-order valence-electron chi connectivity index (χ1n) is 8.68. The topological polar surface area (TPSA) is 47.8 Å². The molecule has 0 saturated carbocycles. The smallest absolute Gasteiger partial charge is 0.272 e. The Morgan fingerprint density at radius 2 is 1.81 bits per heavy atom. The van der Waals surface area contributed by atoms with Crippen LogP contribution >= 0.6 is 11.5 Å². The summed E-state index contributed by atoms with van der Waals surface area (Å²) in [5, 5.41) is 0. The van der Waals surface area contributed by atoms with Gasteiger partial charge in [-0.2, -0.15) is 4.37 Å². The zero-order valence-electron chi connectivity index (χ0n) is 14.6. The van der Waals surface area contributed by atoms with Crippen LogP contribution in [0, 0.1) is 6.92 Å². The summed E-state index contributed by atoms with van der Waals surface area (Å²) < 4.78 is 6.82. The van der Waals surface area contributed by atoms with E-state index in [0.29, 0.717) is 16.8 Å². The van der Waals surface area contributed by atoms with Crippen molar-refractivity contribution in [2.24, 2.45) is 0 Å². The predicted molar refractivity (Wildman–Crippen MR) is 107 cm³/mol. The lowest BCUT2D eigenvalue weighted by molar-refractivity contribution is 0.618. The molecule has 0 fully saturated rings. The third-order valence-corrected chi connectivity index (χ3v) is 5.31. The Morgan fingerprint density at radius 1 is 1.04 bits per heavy atom. The van der Waals surface area contributed by atoms with E-state index in [-0.39, 0.29) is 5.56 Å². The lowest BCUT2D eigenvalue weighted by atomic mass is 10.1. The molecule has 0 aliphatic carbocycles. The molecule has 0 aliphatic heterocycles. The number of rotatable bonds is 5. The van der Waals surface area contributed by atoms with Crippen molar-refractivity contribution >= 4 is 21.7 Å². The maximum atomic E-state index is 12.8. The van der Waals surface area contributed by atoms with Gasteiger partial charge in [0.1, 0.15) is 15.9 Å². The number of hydrogen-bond acceptors (Lipinski definition) is 4. The molecule has 4 nitrogen and oxygen atoms in total. The molecule has 0 N–H and O–H groups in total. The summed E-state index contributed by atoms with van der Waals surface area (Å²) in [6, 6.07) is 18.5. The van der Waals surface area contributed by atoms with Crippen LogP contribution in [-0.2, 0) is 13.0 Å². The highest BCUT2D eigenvalue weighted by molar-refractivity contribution is 7.13. The van der Waals surface area contributed by atoms with E-state index in [4.69, 9.17) is 0 Å². The number of hydrogen-bond donors (Lipinski definition) is 0. The van der Waals surface area contributed by atoms with Crippen molar-refractivity contribution < 1.29 is 0 Å². The van der Waals surface area contributed by atoms with Gasteiger partial charge in [0, 0.05) is 12.1 Å². The average molecular weight is 361 g/mol. The quantitative estimate of drug-likeness (QED) is 0.527. The summed E-state index contributed by atoms with van der Waals surface area (Å²) in [6.07, 6.45) is 3.51. The molecule has 2 aromatic carbocycles. The zero-order chi connectivity index (χ0) is 17.9. The minimum absolute atomic E-state index is 0.000997. The molecule has 2 heterocycles. The Bertz CT molecular complexity index is 1080. The summed E-state index contributed by atoms with van der Waals surface area (Å²) in [5.74, 6) is 0. The summed E-state index contributed by atoms with van der Waals surface area (Å²) >= 11 is 1.24. The number of nitrogens with zero attached hydrogens (tertiary/aromatic N) is 3. The number of benzene rings is 2. The minimum Gasteiger partial charge on any atom is -0.298 e. The van der Waals surface area contributed by atoms with Gasteiger partial charge in [0.2, 0.25) is 0 Å². The molecule has 0 saturated heterocycles. The molecule has 0 atom stereocenters. The van der Waals surface area contributed by atoms with Crippen LogP contribution in [0.5, 0.6) is 0 Å². The molecule has 4 rings (SSSR count). The van der Waals surface area contributed by atoms with Crippen LogP contribution in [-0.4, -0.2) is 13.9 Å². The maximum Gasteiger partial charge on any atom is 0.272 e. The van der Waals surface area contributed by atoms with Gasteiger partial charge >= 0.3 is 0 Å². The van der Waals surface area contributed by atoms with Gasteiger partial charge in [-0.1, -0.05) is 60.2 Å². The minimum atomic E-state index is -0.000997.